The molecule has 0 amide bonds. The van der Waals surface area contributed by atoms with E-state index in [9.17, 15) is 8.42 Å². The zero-order valence-electron chi connectivity index (χ0n) is 8.65. The fourth-order valence-electron chi connectivity index (χ4n) is 2.38. The second kappa shape index (κ2) is 4.01. The van der Waals surface area contributed by atoms with E-state index in [1.165, 1.54) is 0 Å². The second-order valence-electron chi connectivity index (χ2n) is 4.40. The molecule has 0 aromatic carbocycles. The summed E-state index contributed by atoms with van der Waals surface area (Å²) in [4.78, 5) is 0. The van der Waals surface area contributed by atoms with Crippen molar-refractivity contribution in [1.82, 2.24) is 0 Å². The molecule has 0 radical (unpaired) electrons. The molecule has 1 atom stereocenters. The predicted octanol–water partition coefficient (Wildman–Crippen LogP) is 0.00310. The van der Waals surface area contributed by atoms with Crippen LogP contribution in [0.1, 0.15) is 25.7 Å². The van der Waals surface area contributed by atoms with Gasteiger partial charge in [-0.25, -0.2) is 13.6 Å². The van der Waals surface area contributed by atoms with Crippen molar-refractivity contribution >= 4 is 10.0 Å². The molecule has 2 heterocycles. The Kier molecular flexibility index (Phi) is 3.03. The van der Waals surface area contributed by atoms with Crippen LogP contribution in [0.3, 0.4) is 0 Å². The Morgan fingerprint density at radius 1 is 1.27 bits per heavy atom. The summed E-state index contributed by atoms with van der Waals surface area (Å²) in [6.45, 7) is 1.42. The lowest BCUT2D eigenvalue weighted by Gasteiger charge is -2.33. The van der Waals surface area contributed by atoms with Crippen LogP contribution in [0, 0.1) is 0 Å². The van der Waals surface area contributed by atoms with E-state index in [-0.39, 0.29) is 17.5 Å². The number of sulfonamides is 1. The minimum atomic E-state index is -3.42. The van der Waals surface area contributed by atoms with Crippen molar-refractivity contribution in [2.75, 3.05) is 19.0 Å². The average Bonchev–Trinajstić information content (AvgIpc) is 2.47. The van der Waals surface area contributed by atoms with Crippen LogP contribution >= 0.6 is 0 Å². The Balaban J connectivity index is 1.93. The Bertz CT molecular complexity index is 321. The van der Waals surface area contributed by atoms with Gasteiger partial charge in [0.15, 0.2) is 0 Å². The Morgan fingerprint density at radius 2 is 1.93 bits per heavy atom. The van der Waals surface area contributed by atoms with Crippen LogP contribution in [-0.2, 0) is 19.5 Å². The summed E-state index contributed by atoms with van der Waals surface area (Å²) in [6.07, 6.45) is 3.23. The maximum atomic E-state index is 10.9. The minimum absolute atomic E-state index is 0.0599. The summed E-state index contributed by atoms with van der Waals surface area (Å²) < 4.78 is 33.0. The minimum Gasteiger partial charge on any atom is -0.381 e. The molecular formula is C9H17NO4S. The van der Waals surface area contributed by atoms with Gasteiger partial charge in [-0.2, -0.15) is 0 Å². The number of hydrogen-bond acceptors (Lipinski definition) is 4. The number of hydrogen-bond donors (Lipinski definition) is 1. The summed E-state index contributed by atoms with van der Waals surface area (Å²) in [6, 6.07) is 0. The molecule has 0 aliphatic carbocycles. The van der Waals surface area contributed by atoms with Gasteiger partial charge in [0.25, 0.3) is 0 Å². The first kappa shape index (κ1) is 11.3. The van der Waals surface area contributed by atoms with E-state index in [1.807, 2.05) is 0 Å². The van der Waals surface area contributed by atoms with Gasteiger partial charge in [0.1, 0.15) is 0 Å². The first-order valence-corrected chi connectivity index (χ1v) is 6.97. The topological polar surface area (TPSA) is 78.6 Å². The van der Waals surface area contributed by atoms with Crippen molar-refractivity contribution in [3.63, 3.8) is 0 Å². The molecule has 0 bridgehead atoms. The van der Waals surface area contributed by atoms with E-state index in [1.54, 1.807) is 0 Å². The molecule has 2 aliphatic rings. The molecular weight excluding hydrogens is 218 g/mol. The molecule has 0 saturated carbocycles. The fraction of sp³-hybridized carbons (Fsp3) is 1.00. The van der Waals surface area contributed by atoms with Gasteiger partial charge < -0.3 is 9.47 Å². The summed E-state index contributed by atoms with van der Waals surface area (Å²) in [5.41, 5.74) is -0.131. The second-order valence-corrected chi connectivity index (χ2v) is 6.06. The fourth-order valence-corrected chi connectivity index (χ4v) is 3.14. The number of nitrogens with two attached hydrogens (primary N) is 1. The lowest BCUT2D eigenvalue weighted by atomic mass is 9.91. The zero-order valence-corrected chi connectivity index (χ0v) is 9.46. The summed E-state index contributed by atoms with van der Waals surface area (Å²) in [5.74, 6) is -0.0599. The van der Waals surface area contributed by atoms with E-state index >= 15 is 0 Å². The standard InChI is InChI=1S/C9H17NO4S/c10-15(11,12)7-8-1-2-9(14-8)3-5-13-6-4-9/h8H,1-7H2,(H2,10,11,12). The molecule has 2 rings (SSSR count). The highest BCUT2D eigenvalue weighted by atomic mass is 32.2. The molecule has 2 aliphatic heterocycles. The lowest BCUT2D eigenvalue weighted by molar-refractivity contribution is -0.0979. The molecule has 1 spiro atoms. The highest BCUT2D eigenvalue weighted by Gasteiger charge is 2.42. The molecule has 1 unspecified atom stereocenters. The molecule has 2 saturated heterocycles. The van der Waals surface area contributed by atoms with Gasteiger partial charge in [0.05, 0.1) is 17.5 Å². The molecule has 6 heteroatoms. The van der Waals surface area contributed by atoms with E-state index in [4.69, 9.17) is 14.6 Å². The molecule has 0 aromatic rings. The Morgan fingerprint density at radius 3 is 2.53 bits per heavy atom. The van der Waals surface area contributed by atoms with Crippen LogP contribution in [0.2, 0.25) is 0 Å². The summed E-state index contributed by atoms with van der Waals surface area (Å²) in [5, 5.41) is 5.00. The van der Waals surface area contributed by atoms with Crippen molar-refractivity contribution in [2.45, 2.75) is 37.4 Å². The summed E-state index contributed by atoms with van der Waals surface area (Å²) >= 11 is 0. The van der Waals surface area contributed by atoms with Crippen LogP contribution < -0.4 is 5.14 Å². The Labute approximate surface area is 90.0 Å². The van der Waals surface area contributed by atoms with Gasteiger partial charge in [-0.3, -0.25) is 0 Å². The van der Waals surface area contributed by atoms with E-state index < -0.39 is 10.0 Å². The van der Waals surface area contributed by atoms with Gasteiger partial charge >= 0.3 is 0 Å². The zero-order chi connectivity index (χ0) is 10.9. The number of ether oxygens (including phenoxy) is 2. The smallest absolute Gasteiger partial charge is 0.211 e. The quantitative estimate of drug-likeness (QED) is 0.731. The third-order valence-electron chi connectivity index (χ3n) is 3.16. The van der Waals surface area contributed by atoms with Crippen molar-refractivity contribution < 1.29 is 17.9 Å². The largest absolute Gasteiger partial charge is 0.381 e. The maximum Gasteiger partial charge on any atom is 0.211 e. The van der Waals surface area contributed by atoms with E-state index in [2.05, 4.69) is 0 Å². The van der Waals surface area contributed by atoms with Crippen LogP contribution in [0.25, 0.3) is 0 Å². The highest BCUT2D eigenvalue weighted by Crippen LogP contribution is 2.38. The van der Waals surface area contributed by atoms with Crippen LogP contribution in [0.5, 0.6) is 0 Å². The van der Waals surface area contributed by atoms with Crippen molar-refractivity contribution in [3.8, 4) is 0 Å². The average molecular weight is 235 g/mol. The third kappa shape index (κ3) is 2.90. The van der Waals surface area contributed by atoms with Gasteiger partial charge in [0.2, 0.25) is 10.0 Å². The van der Waals surface area contributed by atoms with E-state index in [0.717, 1.165) is 25.7 Å². The molecule has 88 valence electrons. The molecule has 0 aromatic heterocycles. The third-order valence-corrected chi connectivity index (χ3v) is 4.00. The highest BCUT2D eigenvalue weighted by molar-refractivity contribution is 7.89. The van der Waals surface area contributed by atoms with Gasteiger partial charge in [-0.15, -0.1) is 0 Å². The van der Waals surface area contributed by atoms with Gasteiger partial charge in [0, 0.05) is 13.2 Å². The monoisotopic (exact) mass is 235 g/mol. The molecule has 2 N–H and O–H groups in total. The molecule has 2 fully saturated rings. The molecule has 5 nitrogen and oxygen atoms in total. The van der Waals surface area contributed by atoms with Crippen molar-refractivity contribution in [1.29, 1.82) is 0 Å². The number of primary sulfonamides is 1. The summed E-state index contributed by atoms with van der Waals surface area (Å²) in [7, 11) is -3.42. The predicted molar refractivity (Wildman–Crippen MR) is 54.9 cm³/mol. The van der Waals surface area contributed by atoms with Crippen LogP contribution in [0.4, 0.5) is 0 Å². The van der Waals surface area contributed by atoms with Crippen molar-refractivity contribution in [2.24, 2.45) is 5.14 Å². The van der Waals surface area contributed by atoms with Crippen LogP contribution in [-0.4, -0.2) is 39.1 Å². The van der Waals surface area contributed by atoms with Gasteiger partial charge in [-0.1, -0.05) is 0 Å². The normalized spacial score (nSPS) is 30.9. The SMILES string of the molecule is NS(=O)(=O)CC1CCC2(CCOCC2)O1. The number of rotatable bonds is 2. The van der Waals surface area contributed by atoms with E-state index in [0.29, 0.717) is 13.2 Å². The lowest BCUT2D eigenvalue weighted by Crippen LogP contribution is -2.37. The molecule has 15 heavy (non-hydrogen) atoms. The Hall–Kier alpha value is -0.170. The van der Waals surface area contributed by atoms with Crippen LogP contribution in [0.15, 0.2) is 0 Å². The first-order valence-electron chi connectivity index (χ1n) is 5.25. The first-order chi connectivity index (χ1) is 6.99. The van der Waals surface area contributed by atoms with Crippen molar-refractivity contribution in [3.05, 3.63) is 0 Å². The van der Waals surface area contributed by atoms with Gasteiger partial charge in [-0.05, 0) is 25.7 Å². The maximum absolute atomic E-state index is 10.9.